The average molecular weight is 240 g/mol. The summed E-state index contributed by atoms with van der Waals surface area (Å²) in [7, 11) is 0. The lowest BCUT2D eigenvalue weighted by Gasteiger charge is -2.34. The summed E-state index contributed by atoms with van der Waals surface area (Å²) in [5, 5.41) is 12.1. The zero-order valence-corrected chi connectivity index (χ0v) is 10.8. The number of nitrogens with zero attached hydrogens (tertiary/aromatic N) is 2. The van der Waals surface area contributed by atoms with Crippen LogP contribution in [0.5, 0.6) is 0 Å². The van der Waals surface area contributed by atoms with Crippen LogP contribution < -0.4 is 0 Å². The van der Waals surface area contributed by atoms with Crippen LogP contribution in [-0.2, 0) is 13.2 Å². The Hall–Kier alpha value is -0.450. The van der Waals surface area contributed by atoms with Gasteiger partial charge in [0.05, 0.1) is 18.8 Å². The molecule has 1 aliphatic rings. The Morgan fingerprint density at radius 3 is 2.69 bits per heavy atom. The van der Waals surface area contributed by atoms with Crippen LogP contribution in [0, 0.1) is 11.8 Å². The van der Waals surface area contributed by atoms with Crippen molar-refractivity contribution in [1.82, 2.24) is 9.88 Å². The summed E-state index contributed by atoms with van der Waals surface area (Å²) in [6, 6.07) is 0. The monoisotopic (exact) mass is 240 g/mol. The van der Waals surface area contributed by atoms with E-state index in [4.69, 9.17) is 5.11 Å². The molecule has 3 nitrogen and oxygen atoms in total. The number of aromatic nitrogens is 1. The van der Waals surface area contributed by atoms with Crippen molar-refractivity contribution >= 4 is 11.3 Å². The molecule has 2 rings (SSSR count). The van der Waals surface area contributed by atoms with Crippen LogP contribution in [0.2, 0.25) is 0 Å². The minimum atomic E-state index is 0.0588. The first-order valence-corrected chi connectivity index (χ1v) is 6.82. The fourth-order valence-electron chi connectivity index (χ4n) is 2.61. The van der Waals surface area contributed by atoms with Crippen molar-refractivity contribution in [3.63, 3.8) is 0 Å². The molecule has 4 heteroatoms. The maximum absolute atomic E-state index is 8.97. The second-order valence-electron chi connectivity index (χ2n) is 5.03. The molecule has 90 valence electrons. The number of aliphatic hydroxyl groups excluding tert-OH is 1. The predicted octanol–water partition coefficient (Wildman–Crippen LogP) is 2.11. The van der Waals surface area contributed by atoms with Crippen LogP contribution in [0.25, 0.3) is 0 Å². The largest absolute Gasteiger partial charge is 0.390 e. The van der Waals surface area contributed by atoms with E-state index in [1.807, 2.05) is 5.38 Å². The second-order valence-corrected chi connectivity index (χ2v) is 5.97. The molecule has 1 aromatic rings. The molecule has 1 saturated heterocycles. The van der Waals surface area contributed by atoms with E-state index in [0.717, 1.165) is 29.1 Å². The molecule has 2 atom stereocenters. The molecule has 0 amide bonds. The predicted molar refractivity (Wildman–Crippen MR) is 66.3 cm³/mol. The van der Waals surface area contributed by atoms with Gasteiger partial charge in [-0.15, -0.1) is 11.3 Å². The van der Waals surface area contributed by atoms with Gasteiger partial charge in [0, 0.05) is 18.5 Å². The molecule has 0 aromatic carbocycles. The van der Waals surface area contributed by atoms with Crippen LogP contribution in [0.1, 0.15) is 31.0 Å². The fraction of sp³-hybridized carbons (Fsp3) is 0.750. The summed E-state index contributed by atoms with van der Waals surface area (Å²) in [4.78, 5) is 6.88. The molecule has 1 N–H and O–H groups in total. The van der Waals surface area contributed by atoms with Gasteiger partial charge in [-0.1, -0.05) is 13.8 Å². The molecule has 2 heterocycles. The van der Waals surface area contributed by atoms with Gasteiger partial charge in [0.2, 0.25) is 0 Å². The van der Waals surface area contributed by atoms with E-state index in [0.29, 0.717) is 0 Å². The number of aliphatic hydroxyl groups is 1. The Kier molecular flexibility index (Phi) is 3.95. The zero-order valence-electron chi connectivity index (χ0n) is 10.0. The number of hydrogen-bond donors (Lipinski definition) is 1. The minimum absolute atomic E-state index is 0.0588. The molecule has 1 aliphatic heterocycles. The smallest absolute Gasteiger partial charge is 0.107 e. The first kappa shape index (κ1) is 12.0. The van der Waals surface area contributed by atoms with Crippen LogP contribution in [0.3, 0.4) is 0 Å². The SMILES string of the molecule is CC1CC(C)CN(Cc2nc(CO)cs2)C1. The molecule has 2 unspecified atom stereocenters. The molecule has 16 heavy (non-hydrogen) atoms. The summed E-state index contributed by atoms with van der Waals surface area (Å²) in [5.41, 5.74) is 0.804. The van der Waals surface area contributed by atoms with Gasteiger partial charge in [-0.2, -0.15) is 0 Å². The normalized spacial score (nSPS) is 27.2. The van der Waals surface area contributed by atoms with Gasteiger partial charge >= 0.3 is 0 Å². The summed E-state index contributed by atoms with van der Waals surface area (Å²) in [6.07, 6.45) is 1.34. The van der Waals surface area contributed by atoms with Gasteiger partial charge in [0.15, 0.2) is 0 Å². The van der Waals surface area contributed by atoms with Crippen molar-refractivity contribution in [2.45, 2.75) is 33.4 Å². The summed E-state index contributed by atoms with van der Waals surface area (Å²) >= 11 is 1.66. The van der Waals surface area contributed by atoms with E-state index in [9.17, 15) is 0 Å². The van der Waals surface area contributed by atoms with E-state index in [1.54, 1.807) is 11.3 Å². The number of hydrogen-bond acceptors (Lipinski definition) is 4. The third-order valence-electron chi connectivity index (χ3n) is 3.06. The van der Waals surface area contributed by atoms with Crippen LogP contribution in [0.15, 0.2) is 5.38 Å². The molecule has 0 spiro atoms. The van der Waals surface area contributed by atoms with Crippen molar-refractivity contribution in [3.05, 3.63) is 16.1 Å². The molecular formula is C12H20N2OS. The second kappa shape index (κ2) is 5.25. The number of thiazole rings is 1. The fourth-order valence-corrected chi connectivity index (χ4v) is 3.43. The highest BCUT2D eigenvalue weighted by Gasteiger charge is 2.22. The molecule has 0 saturated carbocycles. The summed E-state index contributed by atoms with van der Waals surface area (Å²) in [6.45, 7) is 8.01. The van der Waals surface area contributed by atoms with Crippen LogP contribution in [0.4, 0.5) is 0 Å². The van der Waals surface area contributed by atoms with E-state index in [-0.39, 0.29) is 6.61 Å². The minimum Gasteiger partial charge on any atom is -0.390 e. The summed E-state index contributed by atoms with van der Waals surface area (Å²) in [5.74, 6) is 1.59. The van der Waals surface area contributed by atoms with Gasteiger partial charge in [-0.25, -0.2) is 4.98 Å². The number of likely N-dealkylation sites (tertiary alicyclic amines) is 1. The first-order valence-electron chi connectivity index (χ1n) is 5.94. The molecule has 0 aliphatic carbocycles. The zero-order chi connectivity index (χ0) is 11.5. The third-order valence-corrected chi connectivity index (χ3v) is 3.95. The quantitative estimate of drug-likeness (QED) is 0.879. The third kappa shape index (κ3) is 3.03. The first-order chi connectivity index (χ1) is 7.67. The highest BCUT2D eigenvalue weighted by atomic mass is 32.1. The van der Waals surface area contributed by atoms with Crippen molar-refractivity contribution in [1.29, 1.82) is 0 Å². The Bertz CT molecular complexity index is 330. The van der Waals surface area contributed by atoms with E-state index in [2.05, 4.69) is 23.7 Å². The van der Waals surface area contributed by atoms with Gasteiger partial charge in [-0.3, -0.25) is 4.90 Å². The van der Waals surface area contributed by atoms with Crippen molar-refractivity contribution in [3.8, 4) is 0 Å². The van der Waals surface area contributed by atoms with Crippen LogP contribution >= 0.6 is 11.3 Å². The van der Waals surface area contributed by atoms with Crippen LogP contribution in [-0.4, -0.2) is 28.1 Å². The van der Waals surface area contributed by atoms with Gasteiger partial charge in [0.25, 0.3) is 0 Å². The highest BCUT2D eigenvalue weighted by Crippen LogP contribution is 2.23. The maximum atomic E-state index is 8.97. The Morgan fingerprint density at radius 1 is 1.44 bits per heavy atom. The van der Waals surface area contributed by atoms with Gasteiger partial charge in [0.1, 0.15) is 5.01 Å². The van der Waals surface area contributed by atoms with E-state index in [1.165, 1.54) is 19.5 Å². The lowest BCUT2D eigenvalue weighted by atomic mass is 9.92. The van der Waals surface area contributed by atoms with Crippen molar-refractivity contribution in [2.75, 3.05) is 13.1 Å². The Morgan fingerprint density at radius 2 is 2.12 bits per heavy atom. The average Bonchev–Trinajstić information content (AvgIpc) is 2.64. The number of rotatable bonds is 3. The Labute approximate surface area is 101 Å². The highest BCUT2D eigenvalue weighted by molar-refractivity contribution is 7.09. The lowest BCUT2D eigenvalue weighted by molar-refractivity contribution is 0.134. The molecule has 0 radical (unpaired) electrons. The molecular weight excluding hydrogens is 220 g/mol. The van der Waals surface area contributed by atoms with Crippen molar-refractivity contribution < 1.29 is 5.11 Å². The van der Waals surface area contributed by atoms with E-state index < -0.39 is 0 Å². The van der Waals surface area contributed by atoms with Gasteiger partial charge < -0.3 is 5.11 Å². The Balaban J connectivity index is 1.93. The summed E-state index contributed by atoms with van der Waals surface area (Å²) < 4.78 is 0. The topological polar surface area (TPSA) is 36.4 Å². The number of piperidine rings is 1. The van der Waals surface area contributed by atoms with E-state index >= 15 is 0 Å². The van der Waals surface area contributed by atoms with Gasteiger partial charge in [-0.05, 0) is 18.3 Å². The lowest BCUT2D eigenvalue weighted by Crippen LogP contribution is -2.38. The molecule has 0 bridgehead atoms. The van der Waals surface area contributed by atoms with Crippen molar-refractivity contribution in [2.24, 2.45) is 11.8 Å². The standard InChI is InChI=1S/C12H20N2OS/c1-9-3-10(2)5-14(4-9)6-12-13-11(7-15)8-16-12/h8-10,15H,3-7H2,1-2H3. The maximum Gasteiger partial charge on any atom is 0.107 e. The molecule has 1 aromatic heterocycles. The molecule has 1 fully saturated rings.